The van der Waals surface area contributed by atoms with Gasteiger partial charge in [0, 0.05) is 24.4 Å². The van der Waals surface area contributed by atoms with Crippen molar-refractivity contribution >= 4 is 50.7 Å². The molecular weight excluding hydrogens is 440 g/mol. The fraction of sp³-hybridized carbons (Fsp3) is 0.208. The van der Waals surface area contributed by atoms with Crippen LogP contribution in [0.25, 0.3) is 10.2 Å². The summed E-state index contributed by atoms with van der Waals surface area (Å²) >= 11 is 3.42. The number of carbonyl (C=O) groups is 1. The van der Waals surface area contributed by atoms with Crippen molar-refractivity contribution < 1.29 is 9.53 Å². The number of hydrogen-bond donors (Lipinski definition) is 1. The molecule has 2 aromatic carbocycles. The van der Waals surface area contributed by atoms with E-state index in [9.17, 15) is 4.79 Å². The highest BCUT2D eigenvalue weighted by atomic mass is 32.2. The maximum atomic E-state index is 12.6. The summed E-state index contributed by atoms with van der Waals surface area (Å²) in [7, 11) is 0. The molecule has 2 aromatic heterocycles. The van der Waals surface area contributed by atoms with Crippen LogP contribution < -0.4 is 10.2 Å². The van der Waals surface area contributed by atoms with Gasteiger partial charge in [-0.25, -0.2) is 9.97 Å². The molecule has 1 aliphatic heterocycles. The van der Waals surface area contributed by atoms with E-state index in [1.807, 2.05) is 54.6 Å². The molecule has 0 bridgehead atoms. The molecule has 0 aliphatic carbocycles. The molecule has 6 nitrogen and oxygen atoms in total. The summed E-state index contributed by atoms with van der Waals surface area (Å²) < 4.78 is 7.63. The number of ether oxygens (including phenoxy) is 1. The number of benzene rings is 2. The van der Waals surface area contributed by atoms with Gasteiger partial charge in [-0.15, -0.1) is 11.3 Å². The van der Waals surface area contributed by atoms with Gasteiger partial charge < -0.3 is 15.0 Å². The molecule has 0 atom stereocenters. The monoisotopic (exact) mass is 462 g/mol. The minimum Gasteiger partial charge on any atom is -0.378 e. The number of thiazole rings is 1. The van der Waals surface area contributed by atoms with Crippen molar-refractivity contribution in [2.24, 2.45) is 0 Å². The zero-order valence-electron chi connectivity index (χ0n) is 17.4. The van der Waals surface area contributed by atoms with Gasteiger partial charge in [-0.1, -0.05) is 36.0 Å². The largest absolute Gasteiger partial charge is 0.378 e. The third kappa shape index (κ3) is 4.93. The van der Waals surface area contributed by atoms with Crippen LogP contribution in [0, 0.1) is 0 Å². The molecule has 0 spiro atoms. The molecule has 162 valence electrons. The Bertz CT molecular complexity index is 1170. The Morgan fingerprint density at radius 1 is 1.06 bits per heavy atom. The lowest BCUT2D eigenvalue weighted by Crippen LogP contribution is -2.36. The molecule has 8 heteroatoms. The highest BCUT2D eigenvalue weighted by Crippen LogP contribution is 2.31. The summed E-state index contributed by atoms with van der Waals surface area (Å²) in [4.78, 5) is 23.9. The van der Waals surface area contributed by atoms with Crippen molar-refractivity contribution in [3.8, 4) is 0 Å². The van der Waals surface area contributed by atoms with E-state index < -0.39 is 0 Å². The van der Waals surface area contributed by atoms with E-state index in [4.69, 9.17) is 4.74 Å². The standard InChI is InChI=1S/C24H22N4O2S2/c29-23(26-19-9-10-22(25-15-19)28-11-13-30-14-12-28)18-7-5-17(6-8-18)16-31-24-27-20-3-1-2-4-21(20)32-24/h1-10,15H,11-14,16H2,(H,26,29). The molecule has 1 fully saturated rings. The summed E-state index contributed by atoms with van der Waals surface area (Å²) in [5.41, 5.74) is 3.50. The maximum Gasteiger partial charge on any atom is 0.255 e. The molecule has 1 amide bonds. The van der Waals surface area contributed by atoms with Crippen LogP contribution in [0.4, 0.5) is 11.5 Å². The zero-order chi connectivity index (χ0) is 21.8. The van der Waals surface area contributed by atoms with E-state index in [1.165, 1.54) is 4.70 Å². The predicted octanol–water partition coefficient (Wildman–Crippen LogP) is 5.07. The van der Waals surface area contributed by atoms with Gasteiger partial charge in [-0.05, 0) is 42.0 Å². The number of para-hydroxylation sites is 1. The third-order valence-corrected chi connectivity index (χ3v) is 7.44. The molecule has 0 saturated carbocycles. The summed E-state index contributed by atoms with van der Waals surface area (Å²) in [6.07, 6.45) is 1.70. The average Bonchev–Trinajstić information content (AvgIpc) is 3.27. The molecule has 1 N–H and O–H groups in total. The summed E-state index contributed by atoms with van der Waals surface area (Å²) in [6.45, 7) is 3.11. The lowest BCUT2D eigenvalue weighted by Gasteiger charge is -2.27. The fourth-order valence-electron chi connectivity index (χ4n) is 3.45. The lowest BCUT2D eigenvalue weighted by molar-refractivity contribution is 0.102. The van der Waals surface area contributed by atoms with Gasteiger partial charge in [0.25, 0.3) is 5.91 Å². The van der Waals surface area contributed by atoms with E-state index in [0.717, 1.165) is 53.3 Å². The molecule has 0 unspecified atom stereocenters. The minimum absolute atomic E-state index is 0.142. The SMILES string of the molecule is O=C(Nc1ccc(N2CCOCC2)nc1)c1ccc(CSc2nc3ccccc3s2)cc1. The Morgan fingerprint density at radius 3 is 2.62 bits per heavy atom. The second kappa shape index (κ2) is 9.68. The molecule has 4 aromatic rings. The highest BCUT2D eigenvalue weighted by Gasteiger charge is 2.13. The van der Waals surface area contributed by atoms with Crippen LogP contribution in [0.15, 0.2) is 71.2 Å². The molecule has 3 heterocycles. The summed E-state index contributed by atoms with van der Waals surface area (Å²) in [5.74, 6) is 1.58. The van der Waals surface area contributed by atoms with Crippen LogP contribution in [-0.2, 0) is 10.5 Å². The molecule has 0 radical (unpaired) electrons. The number of carbonyl (C=O) groups excluding carboxylic acids is 1. The quantitative estimate of drug-likeness (QED) is 0.404. The molecule has 1 aliphatic rings. The number of morpholine rings is 1. The van der Waals surface area contributed by atoms with Gasteiger partial charge in [0.2, 0.25) is 0 Å². The van der Waals surface area contributed by atoms with Crippen molar-refractivity contribution in [2.45, 2.75) is 10.1 Å². The van der Waals surface area contributed by atoms with Crippen molar-refractivity contribution in [1.29, 1.82) is 0 Å². The Morgan fingerprint density at radius 2 is 1.88 bits per heavy atom. The normalized spacial score (nSPS) is 13.9. The average molecular weight is 463 g/mol. The first-order valence-corrected chi connectivity index (χ1v) is 12.2. The van der Waals surface area contributed by atoms with Gasteiger partial charge in [0.1, 0.15) is 5.82 Å². The Balaban J connectivity index is 1.16. The first-order chi connectivity index (χ1) is 15.7. The van der Waals surface area contributed by atoms with Crippen LogP contribution in [0.3, 0.4) is 0 Å². The topological polar surface area (TPSA) is 67.4 Å². The molecular formula is C24H22N4O2S2. The lowest BCUT2D eigenvalue weighted by atomic mass is 10.1. The number of amides is 1. The van der Waals surface area contributed by atoms with Crippen LogP contribution in [0.2, 0.25) is 0 Å². The summed E-state index contributed by atoms with van der Waals surface area (Å²) in [6, 6.07) is 19.7. The number of aromatic nitrogens is 2. The molecule has 32 heavy (non-hydrogen) atoms. The Kier molecular flexibility index (Phi) is 6.34. The number of anilines is 2. The van der Waals surface area contributed by atoms with Crippen LogP contribution in [0.1, 0.15) is 15.9 Å². The number of thioether (sulfide) groups is 1. The van der Waals surface area contributed by atoms with Crippen molar-refractivity contribution in [3.05, 3.63) is 78.0 Å². The van der Waals surface area contributed by atoms with Gasteiger partial charge in [-0.3, -0.25) is 4.79 Å². The van der Waals surface area contributed by atoms with Crippen LogP contribution in [-0.4, -0.2) is 42.2 Å². The van der Waals surface area contributed by atoms with Crippen LogP contribution >= 0.6 is 23.1 Å². The third-order valence-electron chi connectivity index (χ3n) is 5.19. The zero-order valence-corrected chi connectivity index (χ0v) is 19.0. The molecule has 5 rings (SSSR count). The smallest absolute Gasteiger partial charge is 0.255 e. The van der Waals surface area contributed by atoms with E-state index in [-0.39, 0.29) is 5.91 Å². The second-order valence-electron chi connectivity index (χ2n) is 7.39. The summed E-state index contributed by atoms with van der Waals surface area (Å²) in [5, 5.41) is 2.92. The first-order valence-electron chi connectivity index (χ1n) is 10.4. The van der Waals surface area contributed by atoms with E-state index in [1.54, 1.807) is 29.3 Å². The maximum absolute atomic E-state index is 12.6. The van der Waals surface area contributed by atoms with Crippen molar-refractivity contribution in [3.63, 3.8) is 0 Å². The second-order valence-corrected chi connectivity index (χ2v) is 9.64. The molecule has 1 saturated heterocycles. The number of hydrogen-bond acceptors (Lipinski definition) is 7. The van der Waals surface area contributed by atoms with Gasteiger partial charge in [0.05, 0.1) is 35.3 Å². The first kappa shape index (κ1) is 20.9. The Hall–Kier alpha value is -2.94. The Labute approximate surface area is 194 Å². The number of pyridine rings is 1. The number of fused-ring (bicyclic) bond motifs is 1. The van der Waals surface area contributed by atoms with Gasteiger partial charge in [-0.2, -0.15) is 0 Å². The van der Waals surface area contributed by atoms with Crippen molar-refractivity contribution in [2.75, 3.05) is 36.5 Å². The van der Waals surface area contributed by atoms with E-state index >= 15 is 0 Å². The number of nitrogens with one attached hydrogen (secondary N) is 1. The van der Waals surface area contributed by atoms with Crippen molar-refractivity contribution in [1.82, 2.24) is 9.97 Å². The fourth-order valence-corrected chi connectivity index (χ4v) is 5.48. The minimum atomic E-state index is -0.142. The van der Waals surface area contributed by atoms with E-state index in [2.05, 4.69) is 26.3 Å². The predicted molar refractivity (Wildman–Crippen MR) is 131 cm³/mol. The van der Waals surface area contributed by atoms with E-state index in [0.29, 0.717) is 11.3 Å². The number of nitrogens with zero attached hydrogens (tertiary/aromatic N) is 3. The highest BCUT2D eigenvalue weighted by molar-refractivity contribution is 8.00. The van der Waals surface area contributed by atoms with Gasteiger partial charge in [0.15, 0.2) is 4.34 Å². The van der Waals surface area contributed by atoms with Gasteiger partial charge >= 0.3 is 0 Å². The number of rotatable bonds is 6. The van der Waals surface area contributed by atoms with Crippen LogP contribution in [0.5, 0.6) is 0 Å².